The molecule has 1 N–H and O–H groups in total. The highest BCUT2D eigenvalue weighted by Crippen LogP contribution is 2.32. The summed E-state index contributed by atoms with van der Waals surface area (Å²) in [6, 6.07) is 12.9. The fourth-order valence-electron chi connectivity index (χ4n) is 4.68. The van der Waals surface area contributed by atoms with Gasteiger partial charge in [-0.1, -0.05) is 18.2 Å². The van der Waals surface area contributed by atoms with Gasteiger partial charge in [-0.3, -0.25) is 9.47 Å². The molecule has 0 saturated heterocycles. The first-order chi connectivity index (χ1) is 18.4. The zero-order valence-electron chi connectivity index (χ0n) is 20.0. The molecular formula is C28H21BrF3N5O. The number of nitriles is 1. The van der Waals surface area contributed by atoms with Crippen molar-refractivity contribution < 1.29 is 18.0 Å². The summed E-state index contributed by atoms with van der Waals surface area (Å²) in [6.45, 7) is 1.91. The number of rotatable bonds is 5. The maximum Gasteiger partial charge on any atom is 0.326 e. The van der Waals surface area contributed by atoms with Crippen molar-refractivity contribution in [3.8, 4) is 6.07 Å². The van der Waals surface area contributed by atoms with Gasteiger partial charge >= 0.3 is 6.03 Å². The van der Waals surface area contributed by atoms with Crippen LogP contribution in [0.2, 0.25) is 0 Å². The number of amides is 1. The molecule has 0 spiro atoms. The van der Waals surface area contributed by atoms with Crippen LogP contribution in [0.5, 0.6) is 0 Å². The van der Waals surface area contributed by atoms with Gasteiger partial charge in [-0.05, 0) is 63.5 Å². The van der Waals surface area contributed by atoms with Crippen molar-refractivity contribution >= 4 is 38.9 Å². The van der Waals surface area contributed by atoms with Crippen molar-refractivity contribution in [1.29, 1.82) is 5.26 Å². The molecule has 0 saturated carbocycles. The van der Waals surface area contributed by atoms with Crippen molar-refractivity contribution in [2.75, 3.05) is 13.1 Å². The van der Waals surface area contributed by atoms with E-state index in [1.54, 1.807) is 29.0 Å². The first-order valence-corrected chi connectivity index (χ1v) is 12.6. The van der Waals surface area contributed by atoms with E-state index in [-0.39, 0.29) is 11.6 Å². The number of nitrogens with zero attached hydrogens (tertiary/aromatic N) is 4. The van der Waals surface area contributed by atoms with Crippen molar-refractivity contribution in [2.45, 2.75) is 19.5 Å². The lowest BCUT2D eigenvalue weighted by Crippen LogP contribution is -2.34. The number of halogens is 4. The van der Waals surface area contributed by atoms with E-state index < -0.39 is 17.5 Å². The number of carbonyl (C=O) groups is 1. The molecule has 5 rings (SSSR count). The summed E-state index contributed by atoms with van der Waals surface area (Å²) in [7, 11) is 0. The van der Waals surface area contributed by atoms with Gasteiger partial charge in [0.05, 0.1) is 17.1 Å². The maximum atomic E-state index is 14.0. The molecule has 2 aromatic heterocycles. The maximum absolute atomic E-state index is 14.0. The minimum absolute atomic E-state index is 0.0277. The normalized spacial score (nSPS) is 13.6. The van der Waals surface area contributed by atoms with Crippen LogP contribution in [0.25, 0.3) is 17.0 Å². The van der Waals surface area contributed by atoms with Gasteiger partial charge in [0.1, 0.15) is 4.60 Å². The van der Waals surface area contributed by atoms with Crippen LogP contribution in [0.4, 0.5) is 18.0 Å². The standard InChI is InChI=1S/C28H21BrF3N5O/c29-25-13-18(7-9-34-25)15-35-28(38)37-23-8-11-36(10-1-2-19-4-6-22(30)27(32)26(19)31)16-21(23)20-5-3-17(14-33)12-24(20)37/h1-7,9,12-13H,8,10-11,15-16H2,(H,35,38). The number of benzene rings is 2. The minimum Gasteiger partial charge on any atom is -0.333 e. The Bertz CT molecular complexity index is 1630. The van der Waals surface area contributed by atoms with Gasteiger partial charge in [0.2, 0.25) is 0 Å². The molecule has 0 atom stereocenters. The summed E-state index contributed by atoms with van der Waals surface area (Å²) in [5, 5.41) is 13.3. The molecule has 6 nitrogen and oxygen atoms in total. The lowest BCUT2D eigenvalue weighted by molar-refractivity contribution is 0.240. The Morgan fingerprint density at radius 1 is 1.16 bits per heavy atom. The highest BCUT2D eigenvalue weighted by molar-refractivity contribution is 9.10. The Labute approximate surface area is 225 Å². The molecule has 0 radical (unpaired) electrons. The smallest absolute Gasteiger partial charge is 0.326 e. The Morgan fingerprint density at radius 3 is 2.79 bits per heavy atom. The summed E-state index contributed by atoms with van der Waals surface area (Å²) >= 11 is 3.33. The number of carbonyl (C=O) groups excluding carboxylic acids is 1. The van der Waals surface area contributed by atoms with Crippen LogP contribution in [0.15, 0.2) is 59.3 Å². The summed E-state index contributed by atoms with van der Waals surface area (Å²) < 4.78 is 43.0. The third-order valence-corrected chi connectivity index (χ3v) is 6.96. The van der Waals surface area contributed by atoms with Crippen LogP contribution < -0.4 is 5.32 Å². The molecule has 38 heavy (non-hydrogen) atoms. The number of pyridine rings is 1. The lowest BCUT2D eigenvalue weighted by atomic mass is 10.0. The monoisotopic (exact) mass is 579 g/mol. The molecule has 3 heterocycles. The Balaban J connectivity index is 1.39. The quantitative estimate of drug-likeness (QED) is 0.235. The van der Waals surface area contributed by atoms with Crippen molar-refractivity contribution in [1.82, 2.24) is 19.8 Å². The molecule has 0 bridgehead atoms. The highest BCUT2D eigenvalue weighted by Gasteiger charge is 2.26. The molecule has 1 amide bonds. The second kappa shape index (κ2) is 10.8. The highest BCUT2D eigenvalue weighted by atomic mass is 79.9. The third kappa shape index (κ3) is 5.08. The van der Waals surface area contributed by atoms with E-state index in [9.17, 15) is 23.2 Å². The van der Waals surface area contributed by atoms with E-state index in [1.165, 1.54) is 12.1 Å². The van der Waals surface area contributed by atoms with Gasteiger partial charge in [-0.2, -0.15) is 5.26 Å². The average molecular weight is 580 g/mol. The van der Waals surface area contributed by atoms with Gasteiger partial charge in [-0.25, -0.2) is 22.9 Å². The number of nitrogens with one attached hydrogen (secondary N) is 1. The number of fused-ring (bicyclic) bond motifs is 3. The molecule has 192 valence electrons. The van der Waals surface area contributed by atoms with Crippen LogP contribution in [-0.2, 0) is 19.5 Å². The lowest BCUT2D eigenvalue weighted by Gasteiger charge is -2.27. The van der Waals surface area contributed by atoms with Gasteiger partial charge in [0.25, 0.3) is 0 Å². The van der Waals surface area contributed by atoms with Gasteiger partial charge in [-0.15, -0.1) is 0 Å². The third-order valence-electron chi connectivity index (χ3n) is 6.52. The molecule has 0 unspecified atom stereocenters. The molecular weight excluding hydrogens is 559 g/mol. The van der Waals surface area contributed by atoms with Crippen LogP contribution in [0.1, 0.15) is 27.9 Å². The topological polar surface area (TPSA) is 74.0 Å². The largest absolute Gasteiger partial charge is 0.333 e. The van der Waals surface area contributed by atoms with Crippen LogP contribution in [0.3, 0.4) is 0 Å². The average Bonchev–Trinajstić information content (AvgIpc) is 3.24. The van der Waals surface area contributed by atoms with Crippen molar-refractivity contribution in [3.05, 3.63) is 105 Å². The zero-order valence-corrected chi connectivity index (χ0v) is 21.6. The van der Waals surface area contributed by atoms with E-state index in [4.69, 9.17) is 0 Å². The Kier molecular flexibility index (Phi) is 7.31. The first-order valence-electron chi connectivity index (χ1n) is 11.8. The summed E-state index contributed by atoms with van der Waals surface area (Å²) in [4.78, 5) is 19.6. The van der Waals surface area contributed by atoms with E-state index >= 15 is 0 Å². The Hall–Kier alpha value is -3.94. The van der Waals surface area contributed by atoms with Gasteiger partial charge in [0, 0.05) is 55.4 Å². The molecule has 10 heteroatoms. The molecule has 1 aliphatic rings. The van der Waals surface area contributed by atoms with Crippen molar-refractivity contribution in [2.24, 2.45) is 0 Å². The second-order valence-electron chi connectivity index (χ2n) is 8.90. The number of aromatic nitrogens is 2. The predicted molar refractivity (Wildman–Crippen MR) is 141 cm³/mol. The van der Waals surface area contributed by atoms with Crippen LogP contribution >= 0.6 is 15.9 Å². The van der Waals surface area contributed by atoms with E-state index in [0.29, 0.717) is 48.3 Å². The van der Waals surface area contributed by atoms with Crippen LogP contribution in [-0.4, -0.2) is 33.6 Å². The molecule has 0 fully saturated rings. The summed E-state index contributed by atoms with van der Waals surface area (Å²) in [5.74, 6) is -3.94. The van der Waals surface area contributed by atoms with Crippen molar-refractivity contribution in [3.63, 3.8) is 0 Å². The van der Waals surface area contributed by atoms with Gasteiger partial charge < -0.3 is 5.32 Å². The molecule has 2 aromatic carbocycles. The van der Waals surface area contributed by atoms with Gasteiger partial charge in [0.15, 0.2) is 17.5 Å². The summed E-state index contributed by atoms with van der Waals surface area (Å²) in [6.07, 6.45) is 5.36. The SMILES string of the molecule is N#Cc1ccc2c3c(n(C(=O)NCc4ccnc(Br)c4)c2c1)CCN(CC=Cc1ccc(F)c(F)c1F)C3. The van der Waals surface area contributed by atoms with E-state index in [1.807, 2.05) is 18.2 Å². The number of hydrogen-bond acceptors (Lipinski definition) is 4. The minimum atomic E-state index is -1.49. The number of hydrogen-bond donors (Lipinski definition) is 1. The van der Waals surface area contributed by atoms with E-state index in [0.717, 1.165) is 28.3 Å². The fraction of sp³-hybridized carbons (Fsp3) is 0.179. The molecule has 4 aromatic rings. The Morgan fingerprint density at radius 2 is 2.00 bits per heavy atom. The predicted octanol–water partition coefficient (Wildman–Crippen LogP) is 5.92. The first kappa shape index (κ1) is 25.7. The zero-order chi connectivity index (χ0) is 26.8. The molecule has 1 aliphatic heterocycles. The second-order valence-corrected chi connectivity index (χ2v) is 9.71. The van der Waals surface area contributed by atoms with E-state index in [2.05, 4.69) is 37.2 Å². The molecule has 0 aliphatic carbocycles. The van der Waals surface area contributed by atoms with Crippen LogP contribution in [0, 0.1) is 28.8 Å². The fourth-order valence-corrected chi connectivity index (χ4v) is 5.09. The summed E-state index contributed by atoms with van der Waals surface area (Å²) in [5.41, 5.74) is 3.82.